The zero-order chi connectivity index (χ0) is 18.6. The number of ether oxygens (including phenoxy) is 1. The van der Waals surface area contributed by atoms with Crippen LogP contribution in [0.25, 0.3) is 5.70 Å². The number of aliphatic imine (C=N–C) groups is 1. The molecule has 27 heavy (non-hydrogen) atoms. The molecule has 0 unspecified atom stereocenters. The molecule has 0 radical (unpaired) electrons. The minimum absolute atomic E-state index is 0.0310. The summed E-state index contributed by atoms with van der Waals surface area (Å²) in [6.45, 7) is 4.39. The van der Waals surface area contributed by atoms with E-state index in [1.165, 1.54) is 5.70 Å². The number of hydrogen-bond acceptors (Lipinski definition) is 5. The van der Waals surface area contributed by atoms with Crippen molar-refractivity contribution in [2.24, 2.45) is 4.99 Å². The number of hydrogen-bond donors (Lipinski definition) is 1. The van der Waals surface area contributed by atoms with Crippen molar-refractivity contribution < 1.29 is 9.53 Å². The number of rotatable bonds is 6. The van der Waals surface area contributed by atoms with Crippen LogP contribution in [0, 0.1) is 0 Å². The number of fused-ring (bicyclic) bond motifs is 1. The van der Waals surface area contributed by atoms with Crippen molar-refractivity contribution in [1.29, 1.82) is 0 Å². The highest BCUT2D eigenvalue weighted by atomic mass is 32.2. The zero-order valence-corrected chi connectivity index (χ0v) is 16.0. The summed E-state index contributed by atoms with van der Waals surface area (Å²) in [4.78, 5) is 19.0. The fourth-order valence-corrected chi connectivity index (χ4v) is 4.10. The molecule has 5 nitrogen and oxygen atoms in total. The lowest BCUT2D eigenvalue weighted by Gasteiger charge is -2.16. The van der Waals surface area contributed by atoms with Gasteiger partial charge in [0.2, 0.25) is 5.91 Å². The predicted octanol–water partition coefficient (Wildman–Crippen LogP) is 3.98. The van der Waals surface area contributed by atoms with Gasteiger partial charge in [-0.15, -0.1) is 0 Å². The molecule has 0 saturated heterocycles. The first kappa shape index (κ1) is 17.7. The van der Waals surface area contributed by atoms with Gasteiger partial charge in [-0.05, 0) is 42.3 Å². The number of anilines is 1. The minimum atomic E-state index is -0.0310. The maximum absolute atomic E-state index is 12.3. The van der Waals surface area contributed by atoms with Crippen molar-refractivity contribution in [3.63, 3.8) is 0 Å². The van der Waals surface area contributed by atoms with Gasteiger partial charge in [0, 0.05) is 17.6 Å². The third-order valence-corrected chi connectivity index (χ3v) is 5.33. The number of carbonyl (C=O) groups is 1. The van der Waals surface area contributed by atoms with Gasteiger partial charge in [-0.3, -0.25) is 9.79 Å². The van der Waals surface area contributed by atoms with Crippen molar-refractivity contribution >= 4 is 34.2 Å². The summed E-state index contributed by atoms with van der Waals surface area (Å²) in [6, 6.07) is 15.6. The second-order valence-corrected chi connectivity index (χ2v) is 7.15. The number of benzene rings is 2. The largest absolute Gasteiger partial charge is 0.494 e. The smallest absolute Gasteiger partial charge is 0.228 e. The van der Waals surface area contributed by atoms with Crippen LogP contribution in [0.15, 0.2) is 58.9 Å². The highest BCUT2D eigenvalue weighted by Gasteiger charge is 2.26. The average molecular weight is 379 g/mol. The Kier molecular flexibility index (Phi) is 5.16. The molecule has 0 fully saturated rings. The Balaban J connectivity index is 1.35. The van der Waals surface area contributed by atoms with Gasteiger partial charge in [0.15, 0.2) is 5.17 Å². The van der Waals surface area contributed by atoms with Crippen LogP contribution in [0.2, 0.25) is 0 Å². The molecule has 0 bridgehead atoms. The first-order valence-corrected chi connectivity index (χ1v) is 9.92. The summed E-state index contributed by atoms with van der Waals surface area (Å²) < 4.78 is 5.42. The Bertz CT molecular complexity index is 889. The predicted molar refractivity (Wildman–Crippen MR) is 111 cm³/mol. The van der Waals surface area contributed by atoms with Crippen LogP contribution in [-0.4, -0.2) is 35.7 Å². The summed E-state index contributed by atoms with van der Waals surface area (Å²) in [5, 5.41) is 6.18. The third-order valence-electron chi connectivity index (χ3n) is 4.43. The Hall–Kier alpha value is -2.73. The van der Waals surface area contributed by atoms with E-state index in [9.17, 15) is 4.79 Å². The molecular formula is C21H21N3O2S. The van der Waals surface area contributed by atoms with Crippen LogP contribution >= 0.6 is 11.8 Å². The highest BCUT2D eigenvalue weighted by molar-refractivity contribution is 8.16. The number of nitrogens with zero attached hydrogens (tertiary/aromatic N) is 2. The van der Waals surface area contributed by atoms with Crippen molar-refractivity contribution in [3.8, 4) is 5.75 Å². The second kappa shape index (κ2) is 7.88. The Morgan fingerprint density at radius 3 is 2.70 bits per heavy atom. The van der Waals surface area contributed by atoms with E-state index in [0.29, 0.717) is 13.0 Å². The molecule has 2 aliphatic rings. The normalized spacial score (nSPS) is 15.2. The third kappa shape index (κ3) is 4.01. The quantitative estimate of drug-likeness (QED) is 0.825. The fraction of sp³-hybridized carbons (Fsp3) is 0.238. The van der Waals surface area contributed by atoms with Gasteiger partial charge in [0.1, 0.15) is 5.75 Å². The molecule has 0 aliphatic carbocycles. The summed E-state index contributed by atoms with van der Waals surface area (Å²) in [5.74, 6) is 0.791. The molecule has 4 rings (SSSR count). The molecule has 0 saturated carbocycles. The Labute approximate surface area is 163 Å². The lowest BCUT2D eigenvalue weighted by atomic mass is 10.1. The van der Waals surface area contributed by atoms with E-state index < -0.39 is 0 Å². The first-order chi connectivity index (χ1) is 13.2. The van der Waals surface area contributed by atoms with E-state index in [2.05, 4.69) is 20.6 Å². The number of amides is 1. The van der Waals surface area contributed by atoms with Crippen LogP contribution in [0.5, 0.6) is 5.75 Å². The van der Waals surface area contributed by atoms with Crippen molar-refractivity contribution in [2.75, 3.05) is 25.0 Å². The van der Waals surface area contributed by atoms with E-state index in [4.69, 9.17) is 4.74 Å². The standard InChI is InChI=1S/C21H21N3O2S/c1-2-26-18-9-3-15(4-10-18)13-20(25)23-17-7-5-16(6-8-17)19-14-27-21-22-11-12-24(19)21/h3-10,14H,2,11-13H2,1H3,(H,23,25). The monoisotopic (exact) mass is 379 g/mol. The SMILES string of the molecule is CCOc1ccc(CC(=O)Nc2ccc(C3=CSC4=NCCN34)cc2)cc1. The molecule has 2 aromatic carbocycles. The van der Waals surface area contributed by atoms with Crippen LogP contribution in [-0.2, 0) is 11.2 Å². The molecule has 0 spiro atoms. The molecule has 2 heterocycles. The number of thioether (sulfide) groups is 1. The van der Waals surface area contributed by atoms with E-state index in [0.717, 1.165) is 40.8 Å². The van der Waals surface area contributed by atoms with Crippen molar-refractivity contribution in [3.05, 3.63) is 65.1 Å². The molecule has 0 atom stereocenters. The van der Waals surface area contributed by atoms with Crippen LogP contribution in [0.4, 0.5) is 5.69 Å². The van der Waals surface area contributed by atoms with E-state index in [1.807, 2.05) is 55.5 Å². The van der Waals surface area contributed by atoms with Gasteiger partial charge in [0.25, 0.3) is 0 Å². The van der Waals surface area contributed by atoms with Crippen LogP contribution in [0.3, 0.4) is 0 Å². The molecule has 138 valence electrons. The van der Waals surface area contributed by atoms with E-state index >= 15 is 0 Å². The molecular weight excluding hydrogens is 358 g/mol. The molecule has 1 N–H and O–H groups in total. The average Bonchev–Trinajstić information content (AvgIpc) is 3.28. The van der Waals surface area contributed by atoms with Gasteiger partial charge in [-0.1, -0.05) is 36.0 Å². The molecule has 6 heteroatoms. The molecule has 0 aromatic heterocycles. The second-order valence-electron chi connectivity index (χ2n) is 6.32. The van der Waals surface area contributed by atoms with Gasteiger partial charge < -0.3 is 15.0 Å². The topological polar surface area (TPSA) is 53.9 Å². The molecule has 2 aliphatic heterocycles. The Morgan fingerprint density at radius 1 is 1.19 bits per heavy atom. The minimum Gasteiger partial charge on any atom is -0.494 e. The van der Waals surface area contributed by atoms with Crippen molar-refractivity contribution in [1.82, 2.24) is 4.90 Å². The van der Waals surface area contributed by atoms with E-state index in [-0.39, 0.29) is 5.91 Å². The first-order valence-electron chi connectivity index (χ1n) is 9.04. The summed E-state index contributed by atoms with van der Waals surface area (Å²) in [7, 11) is 0. The zero-order valence-electron chi connectivity index (χ0n) is 15.1. The van der Waals surface area contributed by atoms with Gasteiger partial charge in [0.05, 0.1) is 25.3 Å². The number of carbonyl (C=O) groups excluding carboxylic acids is 1. The lowest BCUT2D eigenvalue weighted by Crippen LogP contribution is -2.19. The summed E-state index contributed by atoms with van der Waals surface area (Å²) in [6.07, 6.45) is 0.337. The highest BCUT2D eigenvalue weighted by Crippen LogP contribution is 2.35. The number of nitrogens with one attached hydrogen (secondary N) is 1. The maximum atomic E-state index is 12.3. The molecule has 1 amide bonds. The Morgan fingerprint density at radius 2 is 1.96 bits per heavy atom. The summed E-state index contributed by atoms with van der Waals surface area (Å²) in [5.41, 5.74) is 4.08. The van der Waals surface area contributed by atoms with Gasteiger partial charge in [-0.2, -0.15) is 0 Å². The summed E-state index contributed by atoms with van der Waals surface area (Å²) >= 11 is 1.67. The van der Waals surface area contributed by atoms with Crippen LogP contribution < -0.4 is 10.1 Å². The van der Waals surface area contributed by atoms with Crippen LogP contribution in [0.1, 0.15) is 18.1 Å². The van der Waals surface area contributed by atoms with Crippen molar-refractivity contribution in [2.45, 2.75) is 13.3 Å². The lowest BCUT2D eigenvalue weighted by molar-refractivity contribution is -0.115. The fourth-order valence-electron chi connectivity index (χ4n) is 3.13. The van der Waals surface area contributed by atoms with E-state index in [1.54, 1.807) is 11.8 Å². The van der Waals surface area contributed by atoms with Gasteiger partial charge >= 0.3 is 0 Å². The maximum Gasteiger partial charge on any atom is 0.228 e. The number of amidine groups is 1. The molecule has 2 aromatic rings. The van der Waals surface area contributed by atoms with Gasteiger partial charge in [-0.25, -0.2) is 0 Å².